The maximum Gasteiger partial charge on any atom is 0.213 e. The fraction of sp³-hybridized carbons (Fsp3) is 0.643. The van der Waals surface area contributed by atoms with Crippen LogP contribution < -0.4 is 10.1 Å². The van der Waals surface area contributed by atoms with Crippen molar-refractivity contribution in [2.24, 2.45) is 0 Å². The number of aryl methyl sites for hydroxylation is 1. The van der Waals surface area contributed by atoms with Gasteiger partial charge >= 0.3 is 0 Å². The summed E-state index contributed by atoms with van der Waals surface area (Å²) in [6.07, 6.45) is 0.850. The minimum Gasteiger partial charge on any atom is -0.478 e. The Morgan fingerprint density at radius 2 is 2.00 bits per heavy atom. The number of rotatable bonds is 10. The minimum absolute atomic E-state index is 0.616. The third-order valence-corrected chi connectivity index (χ3v) is 2.65. The largest absolute Gasteiger partial charge is 0.478 e. The molecule has 0 amide bonds. The van der Waals surface area contributed by atoms with Gasteiger partial charge in [-0.1, -0.05) is 6.07 Å². The maximum atomic E-state index is 5.58. The number of hydrogen-bond acceptors (Lipinski definition) is 5. The summed E-state index contributed by atoms with van der Waals surface area (Å²) in [7, 11) is 3.59. The molecule has 0 atom stereocenters. The molecule has 1 rings (SSSR count). The van der Waals surface area contributed by atoms with E-state index in [-0.39, 0.29) is 0 Å². The second-order valence-electron chi connectivity index (χ2n) is 4.23. The molecule has 19 heavy (non-hydrogen) atoms. The normalized spacial score (nSPS) is 10.7. The molecule has 0 fully saturated rings. The number of nitrogens with zero attached hydrogens (tertiary/aromatic N) is 1. The van der Waals surface area contributed by atoms with Crippen LogP contribution in [0, 0.1) is 6.92 Å². The summed E-state index contributed by atoms with van der Waals surface area (Å²) in [4.78, 5) is 4.42. The van der Waals surface area contributed by atoms with E-state index in [0.29, 0.717) is 32.3 Å². The van der Waals surface area contributed by atoms with Crippen molar-refractivity contribution in [3.63, 3.8) is 0 Å². The van der Waals surface area contributed by atoms with Gasteiger partial charge in [0.2, 0.25) is 5.88 Å². The van der Waals surface area contributed by atoms with Crippen molar-refractivity contribution in [3.8, 4) is 5.88 Å². The van der Waals surface area contributed by atoms with Gasteiger partial charge in [0.1, 0.15) is 0 Å². The van der Waals surface area contributed by atoms with Gasteiger partial charge in [-0.05, 0) is 19.5 Å². The number of methoxy groups -OCH3 is 1. The highest BCUT2D eigenvalue weighted by Crippen LogP contribution is 2.12. The Hall–Kier alpha value is -1.17. The fourth-order valence-corrected chi connectivity index (χ4v) is 1.61. The lowest BCUT2D eigenvalue weighted by atomic mass is 10.2. The smallest absolute Gasteiger partial charge is 0.213 e. The Bertz CT molecular complexity index is 359. The van der Waals surface area contributed by atoms with Gasteiger partial charge in [0.15, 0.2) is 0 Å². The molecule has 0 aromatic carbocycles. The van der Waals surface area contributed by atoms with Crippen molar-refractivity contribution in [2.75, 3.05) is 40.6 Å². The predicted molar refractivity (Wildman–Crippen MR) is 74.5 cm³/mol. The van der Waals surface area contributed by atoms with E-state index in [1.165, 1.54) is 5.56 Å². The molecule has 0 radical (unpaired) electrons. The first-order valence-corrected chi connectivity index (χ1v) is 6.58. The second-order valence-corrected chi connectivity index (χ2v) is 4.23. The SMILES string of the molecule is CNCc1ccc(OCCCOCCOC)nc1C. The number of pyridine rings is 1. The Kier molecular flexibility index (Phi) is 8.13. The van der Waals surface area contributed by atoms with E-state index in [1.807, 2.05) is 26.1 Å². The Morgan fingerprint density at radius 1 is 1.16 bits per heavy atom. The highest BCUT2D eigenvalue weighted by molar-refractivity contribution is 5.24. The van der Waals surface area contributed by atoms with Crippen molar-refractivity contribution >= 4 is 0 Å². The molecule has 1 N–H and O–H groups in total. The summed E-state index contributed by atoms with van der Waals surface area (Å²) < 4.78 is 15.8. The first kappa shape index (κ1) is 15.9. The average Bonchev–Trinajstić information content (AvgIpc) is 2.41. The number of nitrogens with one attached hydrogen (secondary N) is 1. The summed E-state index contributed by atoms with van der Waals surface area (Å²) in [6, 6.07) is 3.95. The minimum atomic E-state index is 0.616. The molecule has 0 saturated carbocycles. The van der Waals surface area contributed by atoms with Gasteiger partial charge in [-0.2, -0.15) is 0 Å². The van der Waals surface area contributed by atoms with Crippen LogP contribution in [0.1, 0.15) is 17.7 Å². The highest BCUT2D eigenvalue weighted by Gasteiger charge is 2.01. The molecule has 0 aliphatic carbocycles. The van der Waals surface area contributed by atoms with Crippen LogP contribution in [0.5, 0.6) is 5.88 Å². The quantitative estimate of drug-likeness (QED) is 0.652. The van der Waals surface area contributed by atoms with Gasteiger partial charge in [0.25, 0.3) is 0 Å². The monoisotopic (exact) mass is 268 g/mol. The lowest BCUT2D eigenvalue weighted by Gasteiger charge is -2.09. The molecular formula is C14H24N2O3. The molecule has 1 aromatic rings. The number of ether oxygens (including phenoxy) is 3. The van der Waals surface area contributed by atoms with Gasteiger partial charge in [-0.15, -0.1) is 0 Å². The number of hydrogen-bond donors (Lipinski definition) is 1. The van der Waals surface area contributed by atoms with Gasteiger partial charge in [-0.3, -0.25) is 0 Å². The molecule has 5 nitrogen and oxygen atoms in total. The van der Waals surface area contributed by atoms with Gasteiger partial charge in [0.05, 0.1) is 19.8 Å². The standard InChI is InChI=1S/C14H24N2O3/c1-12-13(11-15-2)5-6-14(16-12)19-8-4-7-18-10-9-17-3/h5-6,15H,4,7-11H2,1-3H3. The van der Waals surface area contributed by atoms with Crippen LogP contribution in [-0.4, -0.2) is 45.6 Å². The molecule has 0 spiro atoms. The topological polar surface area (TPSA) is 52.6 Å². The van der Waals surface area contributed by atoms with Gasteiger partial charge < -0.3 is 19.5 Å². The molecule has 0 unspecified atom stereocenters. The first-order chi connectivity index (χ1) is 9.27. The van der Waals surface area contributed by atoms with Gasteiger partial charge in [-0.25, -0.2) is 4.98 Å². The van der Waals surface area contributed by atoms with Crippen LogP contribution in [-0.2, 0) is 16.0 Å². The summed E-state index contributed by atoms with van der Waals surface area (Å²) >= 11 is 0. The highest BCUT2D eigenvalue weighted by atomic mass is 16.5. The summed E-state index contributed by atoms with van der Waals surface area (Å²) in [5.74, 6) is 0.675. The van der Waals surface area contributed by atoms with E-state index in [9.17, 15) is 0 Å². The zero-order valence-electron chi connectivity index (χ0n) is 12.1. The predicted octanol–water partition coefficient (Wildman–Crippen LogP) is 1.54. The summed E-state index contributed by atoms with van der Waals surface area (Å²) in [6.45, 7) is 5.38. The van der Waals surface area contributed by atoms with Crippen molar-refractivity contribution in [3.05, 3.63) is 23.4 Å². The van der Waals surface area contributed by atoms with E-state index in [1.54, 1.807) is 7.11 Å². The van der Waals surface area contributed by atoms with Crippen molar-refractivity contribution in [1.29, 1.82) is 0 Å². The lowest BCUT2D eigenvalue weighted by molar-refractivity contribution is 0.0642. The number of aromatic nitrogens is 1. The van der Waals surface area contributed by atoms with Gasteiger partial charge in [0, 0.05) is 38.4 Å². The zero-order valence-corrected chi connectivity index (χ0v) is 12.1. The van der Waals surface area contributed by atoms with E-state index in [4.69, 9.17) is 14.2 Å². The molecule has 0 bridgehead atoms. The van der Waals surface area contributed by atoms with E-state index < -0.39 is 0 Å². The molecular weight excluding hydrogens is 244 g/mol. The van der Waals surface area contributed by atoms with Crippen LogP contribution in [0.3, 0.4) is 0 Å². The molecule has 1 aromatic heterocycles. The summed E-state index contributed by atoms with van der Waals surface area (Å²) in [5, 5.41) is 3.11. The molecule has 0 saturated heterocycles. The second kappa shape index (κ2) is 9.72. The Labute approximate surface area is 115 Å². The van der Waals surface area contributed by atoms with Crippen LogP contribution in [0.25, 0.3) is 0 Å². The van der Waals surface area contributed by atoms with E-state index in [2.05, 4.69) is 10.3 Å². The van der Waals surface area contributed by atoms with Crippen molar-refractivity contribution in [2.45, 2.75) is 19.9 Å². The maximum absolute atomic E-state index is 5.58. The summed E-state index contributed by atoms with van der Waals surface area (Å²) in [5.41, 5.74) is 2.20. The average molecular weight is 268 g/mol. The fourth-order valence-electron chi connectivity index (χ4n) is 1.61. The molecule has 1 heterocycles. The van der Waals surface area contributed by atoms with Crippen LogP contribution in [0.2, 0.25) is 0 Å². The van der Waals surface area contributed by atoms with Crippen LogP contribution in [0.4, 0.5) is 0 Å². The van der Waals surface area contributed by atoms with Crippen LogP contribution >= 0.6 is 0 Å². The molecule has 108 valence electrons. The van der Waals surface area contributed by atoms with Crippen LogP contribution in [0.15, 0.2) is 12.1 Å². The van der Waals surface area contributed by atoms with E-state index in [0.717, 1.165) is 18.7 Å². The molecule has 0 aliphatic rings. The lowest BCUT2D eigenvalue weighted by Crippen LogP contribution is -2.09. The molecule has 0 aliphatic heterocycles. The van der Waals surface area contributed by atoms with Crippen molar-refractivity contribution < 1.29 is 14.2 Å². The third-order valence-electron chi connectivity index (χ3n) is 2.65. The zero-order chi connectivity index (χ0) is 13.9. The van der Waals surface area contributed by atoms with E-state index >= 15 is 0 Å². The Morgan fingerprint density at radius 3 is 2.68 bits per heavy atom. The van der Waals surface area contributed by atoms with Crippen molar-refractivity contribution in [1.82, 2.24) is 10.3 Å². The first-order valence-electron chi connectivity index (χ1n) is 6.58. The molecule has 5 heteroatoms. The third kappa shape index (κ3) is 6.52. The Balaban J connectivity index is 2.20.